The molecule has 0 amide bonds. The highest BCUT2D eigenvalue weighted by Crippen LogP contribution is 2.31. The molecule has 1 aliphatic heterocycles. The van der Waals surface area contributed by atoms with Gasteiger partial charge in [0.1, 0.15) is 11.0 Å². The van der Waals surface area contributed by atoms with Crippen LogP contribution in [0.15, 0.2) is 0 Å². The summed E-state index contributed by atoms with van der Waals surface area (Å²) in [5, 5.41) is 0.244. The zero-order valence-electron chi connectivity index (χ0n) is 10.1. The summed E-state index contributed by atoms with van der Waals surface area (Å²) < 4.78 is 15.4. The number of aryl methyl sites for hydroxylation is 1. The van der Waals surface area contributed by atoms with Crippen molar-refractivity contribution in [3.63, 3.8) is 0 Å². The smallest absolute Gasteiger partial charge is 0.311 e. The van der Waals surface area contributed by atoms with Crippen molar-refractivity contribution >= 4 is 17.6 Å². The van der Waals surface area contributed by atoms with Crippen LogP contribution >= 0.6 is 11.6 Å². The maximum absolute atomic E-state index is 11.4. The van der Waals surface area contributed by atoms with Crippen LogP contribution in [-0.2, 0) is 25.4 Å². The fourth-order valence-electron chi connectivity index (χ4n) is 1.70. The topological polar surface area (TPSA) is 70.5 Å². The highest BCUT2D eigenvalue weighted by Gasteiger charge is 2.27. The van der Waals surface area contributed by atoms with E-state index in [0.717, 1.165) is 0 Å². The Balaban J connectivity index is 2.37. The van der Waals surface area contributed by atoms with Crippen molar-refractivity contribution in [1.29, 1.82) is 0 Å². The average Bonchev–Trinajstić information content (AvgIpc) is 2.81. The van der Waals surface area contributed by atoms with Gasteiger partial charge >= 0.3 is 5.97 Å². The number of methoxy groups -OCH3 is 1. The quantitative estimate of drug-likeness (QED) is 0.608. The van der Waals surface area contributed by atoms with Gasteiger partial charge in [0.15, 0.2) is 6.29 Å². The van der Waals surface area contributed by atoms with Crippen molar-refractivity contribution in [2.75, 3.05) is 20.3 Å². The second-order valence-electron chi connectivity index (χ2n) is 3.75. The van der Waals surface area contributed by atoms with E-state index >= 15 is 0 Å². The SMILES string of the molecule is COC(=O)Cc1nc(C)nc(Cl)c1C1OCCO1. The zero-order chi connectivity index (χ0) is 13.1. The van der Waals surface area contributed by atoms with Gasteiger partial charge in [0.05, 0.1) is 38.0 Å². The second kappa shape index (κ2) is 5.60. The molecular formula is C11H13ClN2O4. The Bertz CT molecular complexity index is 461. The summed E-state index contributed by atoms with van der Waals surface area (Å²) in [6, 6.07) is 0. The van der Waals surface area contributed by atoms with Crippen LogP contribution in [0.2, 0.25) is 5.15 Å². The minimum Gasteiger partial charge on any atom is -0.469 e. The Labute approximate surface area is 109 Å². The molecule has 0 aromatic carbocycles. The highest BCUT2D eigenvalue weighted by atomic mass is 35.5. The predicted molar refractivity (Wildman–Crippen MR) is 62.1 cm³/mol. The molecule has 6 nitrogen and oxygen atoms in total. The Morgan fingerprint density at radius 3 is 2.72 bits per heavy atom. The lowest BCUT2D eigenvalue weighted by Gasteiger charge is -2.15. The van der Waals surface area contributed by atoms with Gasteiger partial charge in [0, 0.05) is 0 Å². The van der Waals surface area contributed by atoms with Crippen molar-refractivity contribution in [3.05, 3.63) is 22.2 Å². The van der Waals surface area contributed by atoms with Crippen molar-refractivity contribution in [3.8, 4) is 0 Å². The number of esters is 1. The van der Waals surface area contributed by atoms with E-state index in [-0.39, 0.29) is 11.6 Å². The molecule has 1 aromatic heterocycles. The van der Waals surface area contributed by atoms with Crippen LogP contribution < -0.4 is 0 Å². The van der Waals surface area contributed by atoms with Gasteiger partial charge in [-0.3, -0.25) is 4.79 Å². The number of ether oxygens (including phenoxy) is 3. The number of carbonyl (C=O) groups excluding carboxylic acids is 1. The van der Waals surface area contributed by atoms with E-state index in [1.807, 2.05) is 0 Å². The monoisotopic (exact) mass is 272 g/mol. The van der Waals surface area contributed by atoms with Crippen LogP contribution in [0.3, 0.4) is 0 Å². The van der Waals surface area contributed by atoms with Gasteiger partial charge in [-0.2, -0.15) is 0 Å². The fourth-order valence-corrected chi connectivity index (χ4v) is 2.02. The molecule has 1 aliphatic rings. The lowest BCUT2D eigenvalue weighted by molar-refractivity contribution is -0.139. The molecule has 0 saturated carbocycles. The van der Waals surface area contributed by atoms with Gasteiger partial charge in [-0.05, 0) is 6.92 Å². The van der Waals surface area contributed by atoms with Crippen LogP contribution in [0.1, 0.15) is 23.4 Å². The van der Waals surface area contributed by atoms with Gasteiger partial charge in [-0.15, -0.1) is 0 Å². The normalized spacial score (nSPS) is 15.9. The summed E-state index contributed by atoms with van der Waals surface area (Å²) >= 11 is 6.08. The molecular weight excluding hydrogens is 260 g/mol. The minimum absolute atomic E-state index is 0.0120. The largest absolute Gasteiger partial charge is 0.469 e. The summed E-state index contributed by atoms with van der Waals surface area (Å²) in [4.78, 5) is 19.6. The van der Waals surface area contributed by atoms with Crippen LogP contribution in [0.5, 0.6) is 0 Å². The molecule has 0 spiro atoms. The number of hydrogen-bond donors (Lipinski definition) is 0. The first-order chi connectivity index (χ1) is 8.61. The van der Waals surface area contributed by atoms with Crippen LogP contribution in [0, 0.1) is 6.92 Å². The van der Waals surface area contributed by atoms with Crippen molar-refractivity contribution < 1.29 is 19.0 Å². The average molecular weight is 273 g/mol. The third-order valence-corrected chi connectivity index (χ3v) is 2.77. The van der Waals surface area contributed by atoms with E-state index in [0.29, 0.717) is 30.3 Å². The van der Waals surface area contributed by atoms with Gasteiger partial charge < -0.3 is 14.2 Å². The summed E-state index contributed by atoms with van der Waals surface area (Å²) in [6.45, 7) is 2.66. The number of rotatable bonds is 3. The molecule has 0 atom stereocenters. The molecule has 0 N–H and O–H groups in total. The Hall–Kier alpha value is -1.24. The van der Waals surface area contributed by atoms with Crippen molar-refractivity contribution in [2.24, 2.45) is 0 Å². The molecule has 1 saturated heterocycles. The Morgan fingerprint density at radius 2 is 2.11 bits per heavy atom. The first-order valence-electron chi connectivity index (χ1n) is 5.44. The number of carbonyl (C=O) groups is 1. The number of nitrogens with zero attached hydrogens (tertiary/aromatic N) is 2. The van der Waals surface area contributed by atoms with E-state index in [9.17, 15) is 4.79 Å². The minimum atomic E-state index is -0.613. The summed E-state index contributed by atoms with van der Waals surface area (Å²) in [5.41, 5.74) is 0.983. The molecule has 0 radical (unpaired) electrons. The molecule has 0 unspecified atom stereocenters. The predicted octanol–water partition coefficient (Wildman–Crippen LogP) is 1.20. The van der Waals surface area contributed by atoms with E-state index in [1.54, 1.807) is 6.92 Å². The van der Waals surface area contributed by atoms with Gasteiger partial charge in [-0.1, -0.05) is 11.6 Å². The Kier molecular flexibility index (Phi) is 4.11. The maximum Gasteiger partial charge on any atom is 0.311 e. The van der Waals surface area contributed by atoms with Crippen molar-refractivity contribution in [1.82, 2.24) is 9.97 Å². The van der Waals surface area contributed by atoms with E-state index < -0.39 is 12.3 Å². The highest BCUT2D eigenvalue weighted by molar-refractivity contribution is 6.30. The molecule has 18 heavy (non-hydrogen) atoms. The zero-order valence-corrected chi connectivity index (χ0v) is 10.9. The molecule has 7 heteroatoms. The van der Waals surface area contributed by atoms with Gasteiger partial charge in [0.2, 0.25) is 0 Å². The molecule has 1 aromatic rings. The lowest BCUT2D eigenvalue weighted by atomic mass is 10.1. The third-order valence-electron chi connectivity index (χ3n) is 2.49. The summed E-state index contributed by atoms with van der Waals surface area (Å²) in [6.07, 6.45) is -0.601. The molecule has 2 rings (SSSR count). The van der Waals surface area contributed by atoms with Crippen molar-refractivity contribution in [2.45, 2.75) is 19.6 Å². The lowest BCUT2D eigenvalue weighted by Crippen LogP contribution is -2.14. The summed E-state index contributed by atoms with van der Waals surface area (Å²) in [7, 11) is 1.32. The Morgan fingerprint density at radius 1 is 1.44 bits per heavy atom. The molecule has 0 bridgehead atoms. The molecule has 98 valence electrons. The first kappa shape index (κ1) is 13.2. The standard InChI is InChI=1S/C11H13ClN2O4/c1-6-13-7(5-8(15)16-2)9(10(12)14-6)11-17-3-4-18-11/h11H,3-5H2,1-2H3. The third kappa shape index (κ3) is 2.77. The fraction of sp³-hybridized carbons (Fsp3) is 0.545. The van der Waals surface area contributed by atoms with Crippen LogP contribution in [0.25, 0.3) is 0 Å². The molecule has 1 fully saturated rings. The van der Waals surface area contributed by atoms with Gasteiger partial charge in [-0.25, -0.2) is 9.97 Å². The van der Waals surface area contributed by atoms with Crippen LogP contribution in [0.4, 0.5) is 0 Å². The number of aromatic nitrogens is 2. The number of halogens is 1. The maximum atomic E-state index is 11.4. The van der Waals surface area contributed by atoms with Crippen LogP contribution in [-0.4, -0.2) is 36.3 Å². The molecule has 0 aliphatic carbocycles. The molecule has 2 heterocycles. The first-order valence-corrected chi connectivity index (χ1v) is 5.82. The second-order valence-corrected chi connectivity index (χ2v) is 4.11. The van der Waals surface area contributed by atoms with Gasteiger partial charge in [0.25, 0.3) is 0 Å². The van der Waals surface area contributed by atoms with E-state index in [2.05, 4.69) is 14.7 Å². The van der Waals surface area contributed by atoms with E-state index in [4.69, 9.17) is 21.1 Å². The van der Waals surface area contributed by atoms with E-state index in [1.165, 1.54) is 7.11 Å². The summed E-state index contributed by atoms with van der Waals surface area (Å²) in [5.74, 6) is 0.0871. The number of hydrogen-bond acceptors (Lipinski definition) is 6.